The van der Waals surface area contributed by atoms with Crippen LogP contribution in [0.2, 0.25) is 0 Å². The van der Waals surface area contributed by atoms with Crippen molar-refractivity contribution < 1.29 is 9.53 Å². The van der Waals surface area contributed by atoms with Gasteiger partial charge >= 0.3 is 5.97 Å². The first-order valence-corrected chi connectivity index (χ1v) is 8.64. The number of nitrogens with zero attached hydrogens (tertiary/aromatic N) is 3. The van der Waals surface area contributed by atoms with Crippen LogP contribution in [-0.4, -0.2) is 38.7 Å². The number of ether oxygens (including phenoxy) is 1. The number of carbonyl (C=O) groups excluding carboxylic acids is 1. The molecule has 1 heterocycles. The van der Waals surface area contributed by atoms with Crippen LogP contribution in [0, 0.1) is 0 Å². The summed E-state index contributed by atoms with van der Waals surface area (Å²) in [6, 6.07) is 0. The van der Waals surface area contributed by atoms with Crippen molar-refractivity contribution in [2.45, 2.75) is 62.8 Å². The molecule has 1 fully saturated rings. The van der Waals surface area contributed by atoms with E-state index in [1.165, 1.54) is 43.2 Å². The van der Waals surface area contributed by atoms with Gasteiger partial charge in [0.25, 0.3) is 0 Å². The minimum absolute atomic E-state index is 0.259. The van der Waals surface area contributed by atoms with E-state index in [2.05, 4.69) is 25.7 Å². The number of H-pyrrole nitrogens is 1. The highest BCUT2D eigenvalue weighted by molar-refractivity contribution is 8.00. The number of nitrogens with one attached hydrogen (secondary N) is 2. The summed E-state index contributed by atoms with van der Waals surface area (Å²) in [6.45, 7) is 3.94. The van der Waals surface area contributed by atoms with E-state index in [-0.39, 0.29) is 11.2 Å². The van der Waals surface area contributed by atoms with Crippen molar-refractivity contribution in [3.05, 3.63) is 0 Å². The van der Waals surface area contributed by atoms with E-state index in [4.69, 9.17) is 4.74 Å². The monoisotopic (exact) mass is 325 g/mol. The molecule has 2 rings (SSSR count). The summed E-state index contributed by atoms with van der Waals surface area (Å²) in [4.78, 5) is 15.8. The summed E-state index contributed by atoms with van der Waals surface area (Å²) in [5.74, 6) is 0.237. The topological polar surface area (TPSA) is 92.3 Å². The minimum Gasteiger partial charge on any atom is -0.465 e. The average Bonchev–Trinajstić information content (AvgIpc) is 2.79. The first-order valence-electron chi connectivity index (χ1n) is 7.76. The third-order valence-corrected chi connectivity index (χ3v) is 4.31. The first kappa shape index (κ1) is 16.8. The molecule has 2 N–H and O–H groups in total. The molecule has 1 aromatic rings. The first-order chi connectivity index (χ1) is 10.7. The van der Waals surface area contributed by atoms with Crippen LogP contribution >= 0.6 is 11.8 Å². The number of hydrazone groups is 1. The second-order valence-electron chi connectivity index (χ2n) is 5.18. The third kappa shape index (κ3) is 5.32. The van der Waals surface area contributed by atoms with Crippen molar-refractivity contribution >= 4 is 29.4 Å². The van der Waals surface area contributed by atoms with E-state index in [0.29, 0.717) is 17.7 Å². The Morgan fingerprint density at radius 1 is 1.41 bits per heavy atom. The van der Waals surface area contributed by atoms with Gasteiger partial charge < -0.3 is 4.74 Å². The van der Waals surface area contributed by atoms with E-state index in [1.54, 1.807) is 13.8 Å². The van der Waals surface area contributed by atoms with E-state index < -0.39 is 0 Å². The number of aromatic nitrogens is 3. The van der Waals surface area contributed by atoms with Gasteiger partial charge in [-0.1, -0.05) is 24.6 Å². The molecule has 8 heteroatoms. The number of carbonyl (C=O) groups is 1. The van der Waals surface area contributed by atoms with Gasteiger partial charge in [-0.25, -0.2) is 10.5 Å². The van der Waals surface area contributed by atoms with E-state index >= 15 is 0 Å². The van der Waals surface area contributed by atoms with Crippen LogP contribution in [0.4, 0.5) is 5.95 Å². The maximum atomic E-state index is 11.6. The predicted octanol–water partition coefficient (Wildman–Crippen LogP) is 2.97. The Labute approximate surface area is 134 Å². The number of hydrogen-bond donors (Lipinski definition) is 2. The Balaban J connectivity index is 1.85. The molecular formula is C14H23N5O2S. The highest BCUT2D eigenvalue weighted by Crippen LogP contribution is 2.21. The van der Waals surface area contributed by atoms with Crippen LogP contribution in [0.5, 0.6) is 0 Å². The summed E-state index contributed by atoms with van der Waals surface area (Å²) in [7, 11) is 0. The van der Waals surface area contributed by atoms with Crippen molar-refractivity contribution in [1.29, 1.82) is 0 Å². The number of hydrogen-bond acceptors (Lipinski definition) is 7. The Hall–Kier alpha value is -1.57. The molecule has 1 aliphatic carbocycles. The lowest BCUT2D eigenvalue weighted by Crippen LogP contribution is -2.16. The zero-order chi connectivity index (χ0) is 15.8. The summed E-state index contributed by atoms with van der Waals surface area (Å²) in [5.41, 5.74) is 4.10. The highest BCUT2D eigenvalue weighted by Gasteiger charge is 2.18. The van der Waals surface area contributed by atoms with Crippen LogP contribution in [-0.2, 0) is 9.53 Å². The standard InChI is InChI=1S/C14H23N5O2S/c1-3-21-12(20)10(2)22-14-15-13(18-19-14)17-16-11-8-6-4-5-7-9-11/h10H,3-9H2,1-2H3,(H2,15,17,18,19)/t10-/m0/s1. The van der Waals surface area contributed by atoms with Crippen molar-refractivity contribution in [3.8, 4) is 0 Å². The van der Waals surface area contributed by atoms with Gasteiger partial charge in [0.15, 0.2) is 0 Å². The van der Waals surface area contributed by atoms with Crippen LogP contribution in [0.3, 0.4) is 0 Å². The molecule has 0 unspecified atom stereocenters. The number of thioether (sulfide) groups is 1. The molecule has 0 radical (unpaired) electrons. The highest BCUT2D eigenvalue weighted by atomic mass is 32.2. The zero-order valence-corrected chi connectivity index (χ0v) is 13.9. The fraction of sp³-hybridized carbons (Fsp3) is 0.714. The van der Waals surface area contributed by atoms with Gasteiger partial charge in [-0.3, -0.25) is 4.79 Å². The maximum absolute atomic E-state index is 11.6. The normalized spacial score (nSPS) is 16.7. The van der Waals surface area contributed by atoms with E-state index in [1.807, 2.05) is 0 Å². The van der Waals surface area contributed by atoms with Crippen molar-refractivity contribution in [2.24, 2.45) is 5.10 Å². The molecular weight excluding hydrogens is 302 g/mol. The quantitative estimate of drug-likeness (QED) is 0.361. The summed E-state index contributed by atoms with van der Waals surface area (Å²) >= 11 is 1.26. The lowest BCUT2D eigenvalue weighted by Gasteiger charge is -2.06. The van der Waals surface area contributed by atoms with Gasteiger partial charge in [-0.05, 0) is 39.5 Å². The van der Waals surface area contributed by atoms with Crippen LogP contribution < -0.4 is 5.43 Å². The summed E-state index contributed by atoms with van der Waals surface area (Å²) < 4.78 is 4.96. The second-order valence-corrected chi connectivity index (χ2v) is 6.49. The average molecular weight is 325 g/mol. The van der Waals surface area contributed by atoms with Gasteiger partial charge in [0.05, 0.1) is 6.61 Å². The molecule has 1 aromatic heterocycles. The molecule has 0 spiro atoms. The molecule has 7 nitrogen and oxygen atoms in total. The fourth-order valence-electron chi connectivity index (χ4n) is 2.20. The maximum Gasteiger partial charge on any atom is 0.319 e. The number of aromatic amines is 1. The fourth-order valence-corrected chi connectivity index (χ4v) is 2.92. The molecule has 1 aliphatic rings. The molecule has 1 atom stereocenters. The van der Waals surface area contributed by atoms with Gasteiger partial charge in [0, 0.05) is 5.71 Å². The molecule has 0 aromatic carbocycles. The molecule has 0 aliphatic heterocycles. The number of anilines is 1. The molecule has 0 bridgehead atoms. The van der Waals surface area contributed by atoms with Gasteiger partial charge in [-0.2, -0.15) is 10.1 Å². The molecule has 0 amide bonds. The van der Waals surface area contributed by atoms with Gasteiger partial charge in [0.2, 0.25) is 11.1 Å². The second kappa shape index (κ2) is 8.77. The van der Waals surface area contributed by atoms with Crippen LogP contribution in [0.1, 0.15) is 52.4 Å². The van der Waals surface area contributed by atoms with Crippen LogP contribution in [0.15, 0.2) is 10.3 Å². The van der Waals surface area contributed by atoms with Gasteiger partial charge in [0.1, 0.15) is 5.25 Å². The van der Waals surface area contributed by atoms with E-state index in [0.717, 1.165) is 12.8 Å². The zero-order valence-electron chi connectivity index (χ0n) is 13.1. The van der Waals surface area contributed by atoms with E-state index in [9.17, 15) is 4.79 Å². The molecule has 1 saturated carbocycles. The number of rotatable bonds is 6. The largest absolute Gasteiger partial charge is 0.465 e. The lowest BCUT2D eigenvalue weighted by atomic mass is 10.2. The van der Waals surface area contributed by atoms with Crippen molar-refractivity contribution in [3.63, 3.8) is 0 Å². The summed E-state index contributed by atoms with van der Waals surface area (Å²) in [6.07, 6.45) is 7.07. The number of esters is 1. The van der Waals surface area contributed by atoms with Crippen molar-refractivity contribution in [2.75, 3.05) is 12.0 Å². The SMILES string of the molecule is CCOC(=O)[C@H](C)Sc1n[nH]c(NN=C2CCCCCC2)n1. The van der Waals surface area contributed by atoms with Crippen LogP contribution in [0.25, 0.3) is 0 Å². The Kier molecular flexibility index (Phi) is 6.70. The van der Waals surface area contributed by atoms with Crippen molar-refractivity contribution in [1.82, 2.24) is 15.2 Å². The summed E-state index contributed by atoms with van der Waals surface area (Å²) in [5, 5.41) is 11.4. The lowest BCUT2D eigenvalue weighted by molar-refractivity contribution is -0.142. The van der Waals surface area contributed by atoms with Gasteiger partial charge in [-0.15, -0.1) is 5.10 Å². The predicted molar refractivity (Wildman–Crippen MR) is 87.1 cm³/mol. The Morgan fingerprint density at radius 2 is 2.14 bits per heavy atom. The smallest absolute Gasteiger partial charge is 0.319 e. The molecule has 122 valence electrons. The third-order valence-electron chi connectivity index (χ3n) is 3.37. The molecule has 22 heavy (non-hydrogen) atoms. The molecule has 0 saturated heterocycles. The minimum atomic E-state index is -0.336. The Bertz CT molecular complexity index is 507. The Morgan fingerprint density at radius 3 is 2.82 bits per heavy atom.